The Morgan fingerprint density at radius 2 is 1.85 bits per heavy atom. The maximum Gasteiger partial charge on any atom is 0.234 e. The molecule has 3 aromatic rings. The lowest BCUT2D eigenvalue weighted by Gasteiger charge is -2.17. The Morgan fingerprint density at radius 1 is 1.11 bits per heavy atom. The fourth-order valence-electron chi connectivity index (χ4n) is 3.79. The number of amides is 1. The van der Waals surface area contributed by atoms with Gasteiger partial charge in [0.1, 0.15) is 4.32 Å². The number of hydrogen-bond acceptors (Lipinski definition) is 3. The molecule has 2 heterocycles. The molecule has 0 radical (unpaired) electrons. The Labute approximate surface area is 168 Å². The number of anilines is 1. The van der Waals surface area contributed by atoms with Gasteiger partial charge in [-0.1, -0.05) is 42.2 Å². The Morgan fingerprint density at radius 3 is 2.63 bits per heavy atom. The normalized spacial score (nSPS) is 14.2. The van der Waals surface area contributed by atoms with E-state index in [1.54, 1.807) is 0 Å². The molecule has 0 atom stereocenters. The number of benzene rings is 2. The lowest BCUT2D eigenvalue weighted by Crippen LogP contribution is -2.25. The Balaban J connectivity index is 1.49. The molecular weight excluding hydrogens is 374 g/mol. The summed E-state index contributed by atoms with van der Waals surface area (Å²) in [5.41, 5.74) is 3.26. The molecule has 1 aliphatic heterocycles. The van der Waals surface area contributed by atoms with E-state index in [4.69, 9.17) is 12.2 Å². The SMILES string of the molecule is CCn1c2ccccc2c2cc(NC(=O)CSC(=S)N3CCCC3)ccc21. The van der Waals surface area contributed by atoms with Crippen LogP contribution in [-0.4, -0.2) is 38.5 Å². The Bertz CT molecular complexity index is 1010. The van der Waals surface area contributed by atoms with Crippen LogP contribution in [-0.2, 0) is 11.3 Å². The van der Waals surface area contributed by atoms with E-state index in [1.807, 2.05) is 6.07 Å². The van der Waals surface area contributed by atoms with Gasteiger partial charge in [0.05, 0.1) is 5.75 Å². The number of aromatic nitrogens is 1. The van der Waals surface area contributed by atoms with Crippen molar-refractivity contribution in [3.05, 3.63) is 42.5 Å². The number of hydrogen-bond donors (Lipinski definition) is 1. The van der Waals surface area contributed by atoms with Gasteiger partial charge >= 0.3 is 0 Å². The van der Waals surface area contributed by atoms with Crippen LogP contribution in [0.4, 0.5) is 5.69 Å². The molecule has 0 saturated carbocycles. The van der Waals surface area contributed by atoms with Gasteiger partial charge in [0.25, 0.3) is 0 Å². The molecule has 1 N–H and O–H groups in total. The quantitative estimate of drug-likeness (QED) is 0.638. The summed E-state index contributed by atoms with van der Waals surface area (Å²) < 4.78 is 3.14. The van der Waals surface area contributed by atoms with Crippen molar-refractivity contribution in [1.82, 2.24) is 9.47 Å². The van der Waals surface area contributed by atoms with Crippen LogP contribution in [0, 0.1) is 0 Å². The Kier molecular flexibility index (Phi) is 5.36. The zero-order valence-electron chi connectivity index (χ0n) is 15.4. The predicted octanol–water partition coefficient (Wildman–Crippen LogP) is 4.87. The van der Waals surface area contributed by atoms with Crippen LogP contribution < -0.4 is 5.32 Å². The molecule has 2 aromatic carbocycles. The van der Waals surface area contributed by atoms with E-state index in [0.717, 1.165) is 29.6 Å². The number of nitrogens with zero attached hydrogens (tertiary/aromatic N) is 2. The minimum absolute atomic E-state index is 0.0138. The molecule has 6 heteroatoms. The summed E-state index contributed by atoms with van der Waals surface area (Å²) in [6.45, 7) is 5.11. The number of para-hydroxylation sites is 1. The zero-order valence-corrected chi connectivity index (χ0v) is 17.0. The van der Waals surface area contributed by atoms with Gasteiger partial charge in [0.2, 0.25) is 5.91 Å². The van der Waals surface area contributed by atoms with Gasteiger partial charge in [-0.15, -0.1) is 0 Å². The lowest BCUT2D eigenvalue weighted by molar-refractivity contribution is -0.113. The van der Waals surface area contributed by atoms with E-state index < -0.39 is 0 Å². The fourth-order valence-corrected chi connectivity index (χ4v) is 4.84. The van der Waals surface area contributed by atoms with Gasteiger partial charge in [-0.05, 0) is 44.0 Å². The zero-order chi connectivity index (χ0) is 18.8. The summed E-state index contributed by atoms with van der Waals surface area (Å²) >= 11 is 6.89. The summed E-state index contributed by atoms with van der Waals surface area (Å²) in [4.78, 5) is 14.6. The lowest BCUT2D eigenvalue weighted by atomic mass is 10.1. The van der Waals surface area contributed by atoms with E-state index in [0.29, 0.717) is 5.75 Å². The molecule has 0 aliphatic carbocycles. The first-order chi connectivity index (χ1) is 13.2. The van der Waals surface area contributed by atoms with Crippen molar-refractivity contribution in [1.29, 1.82) is 0 Å². The minimum Gasteiger partial charge on any atom is -0.358 e. The van der Waals surface area contributed by atoms with Crippen LogP contribution in [0.3, 0.4) is 0 Å². The van der Waals surface area contributed by atoms with Crippen LogP contribution in [0.15, 0.2) is 42.5 Å². The van der Waals surface area contributed by atoms with Crippen molar-refractivity contribution >= 4 is 61.7 Å². The molecular formula is C21H23N3OS2. The van der Waals surface area contributed by atoms with E-state index in [9.17, 15) is 4.79 Å². The van der Waals surface area contributed by atoms with Crippen LogP contribution in [0.1, 0.15) is 19.8 Å². The number of carbonyl (C=O) groups is 1. The van der Waals surface area contributed by atoms with Crippen LogP contribution in [0.5, 0.6) is 0 Å². The van der Waals surface area contributed by atoms with Crippen molar-refractivity contribution in [2.45, 2.75) is 26.3 Å². The number of carbonyl (C=O) groups excluding carboxylic acids is 1. The third-order valence-electron chi connectivity index (χ3n) is 5.06. The molecule has 4 nitrogen and oxygen atoms in total. The number of aryl methyl sites for hydroxylation is 1. The second-order valence-corrected chi connectivity index (χ2v) is 8.40. The van der Waals surface area contributed by atoms with E-state index in [2.05, 4.69) is 58.1 Å². The highest BCUT2D eigenvalue weighted by Crippen LogP contribution is 2.31. The maximum atomic E-state index is 12.4. The molecule has 0 unspecified atom stereocenters. The third-order valence-corrected chi connectivity index (χ3v) is 6.59. The molecule has 1 fully saturated rings. The van der Waals surface area contributed by atoms with Gasteiger partial charge in [0, 0.05) is 47.1 Å². The second kappa shape index (κ2) is 7.90. The standard InChI is InChI=1S/C21H23N3OS2/c1-2-24-18-8-4-3-7-16(18)17-13-15(9-10-19(17)24)22-20(25)14-27-21(26)23-11-5-6-12-23/h3-4,7-10,13H,2,5-6,11-12,14H2,1H3,(H,22,25). The molecule has 1 saturated heterocycles. The highest BCUT2D eigenvalue weighted by molar-refractivity contribution is 8.23. The van der Waals surface area contributed by atoms with E-state index >= 15 is 0 Å². The van der Waals surface area contributed by atoms with E-state index in [-0.39, 0.29) is 5.91 Å². The predicted molar refractivity (Wildman–Crippen MR) is 120 cm³/mol. The summed E-state index contributed by atoms with van der Waals surface area (Å²) in [7, 11) is 0. The molecule has 1 aromatic heterocycles. The Hall–Kier alpha value is -2.05. The van der Waals surface area contributed by atoms with Gasteiger partial charge in [-0.2, -0.15) is 0 Å². The molecule has 1 aliphatic rings. The van der Waals surface area contributed by atoms with Crippen molar-refractivity contribution < 1.29 is 4.79 Å². The number of rotatable bonds is 4. The number of nitrogens with one attached hydrogen (secondary N) is 1. The number of likely N-dealkylation sites (tertiary alicyclic amines) is 1. The summed E-state index contributed by atoms with van der Waals surface area (Å²) in [6, 6.07) is 14.6. The van der Waals surface area contributed by atoms with Crippen molar-refractivity contribution in [3.8, 4) is 0 Å². The monoisotopic (exact) mass is 397 g/mol. The average molecular weight is 398 g/mol. The molecule has 27 heavy (non-hydrogen) atoms. The van der Waals surface area contributed by atoms with Crippen LogP contribution in [0.2, 0.25) is 0 Å². The third kappa shape index (κ3) is 3.69. The minimum atomic E-state index is -0.0138. The highest BCUT2D eigenvalue weighted by atomic mass is 32.2. The molecule has 0 spiro atoms. The average Bonchev–Trinajstić information content (AvgIpc) is 3.32. The number of fused-ring (bicyclic) bond motifs is 3. The first kappa shape index (κ1) is 18.3. The van der Waals surface area contributed by atoms with Crippen molar-refractivity contribution in [2.24, 2.45) is 0 Å². The fraction of sp³-hybridized carbons (Fsp3) is 0.333. The van der Waals surface area contributed by atoms with E-state index in [1.165, 1.54) is 46.4 Å². The molecule has 4 rings (SSSR count). The smallest absolute Gasteiger partial charge is 0.234 e. The summed E-state index contributed by atoms with van der Waals surface area (Å²) in [6.07, 6.45) is 2.39. The van der Waals surface area contributed by atoms with Crippen molar-refractivity contribution in [2.75, 3.05) is 24.2 Å². The molecule has 140 valence electrons. The first-order valence-electron chi connectivity index (χ1n) is 9.40. The van der Waals surface area contributed by atoms with Crippen LogP contribution >= 0.6 is 24.0 Å². The first-order valence-corrected chi connectivity index (χ1v) is 10.8. The second-order valence-electron chi connectivity index (χ2n) is 6.79. The van der Waals surface area contributed by atoms with Crippen LogP contribution in [0.25, 0.3) is 21.8 Å². The van der Waals surface area contributed by atoms with Crippen molar-refractivity contribution in [3.63, 3.8) is 0 Å². The summed E-state index contributed by atoms with van der Waals surface area (Å²) in [5, 5.41) is 5.41. The van der Waals surface area contributed by atoms with Gasteiger partial charge in [0.15, 0.2) is 0 Å². The largest absolute Gasteiger partial charge is 0.358 e. The highest BCUT2D eigenvalue weighted by Gasteiger charge is 2.16. The van der Waals surface area contributed by atoms with Gasteiger partial charge in [-0.3, -0.25) is 4.79 Å². The van der Waals surface area contributed by atoms with Gasteiger partial charge in [-0.25, -0.2) is 0 Å². The number of thiocarbonyl (C=S) groups is 1. The van der Waals surface area contributed by atoms with Gasteiger partial charge < -0.3 is 14.8 Å². The molecule has 1 amide bonds. The number of thioether (sulfide) groups is 1. The molecule has 0 bridgehead atoms. The summed E-state index contributed by atoms with van der Waals surface area (Å²) in [5.74, 6) is 0.338. The maximum absolute atomic E-state index is 12.4. The topological polar surface area (TPSA) is 37.3 Å².